The number of hydrogen-bond acceptors (Lipinski definition) is 5. The minimum absolute atomic E-state index is 0.175. The highest BCUT2D eigenvalue weighted by Crippen LogP contribution is 2.37. The summed E-state index contributed by atoms with van der Waals surface area (Å²) in [5.41, 5.74) is 2.13. The van der Waals surface area contributed by atoms with Crippen LogP contribution in [0.3, 0.4) is 0 Å². The Morgan fingerprint density at radius 2 is 2.19 bits per heavy atom. The second kappa shape index (κ2) is 7.25. The Kier molecular flexibility index (Phi) is 4.82. The van der Waals surface area contributed by atoms with Gasteiger partial charge in [0.25, 0.3) is 0 Å². The van der Waals surface area contributed by atoms with Crippen molar-refractivity contribution in [2.75, 3.05) is 26.5 Å². The van der Waals surface area contributed by atoms with Gasteiger partial charge < -0.3 is 9.64 Å². The van der Waals surface area contributed by atoms with Crippen LogP contribution >= 0.6 is 23.1 Å². The van der Waals surface area contributed by atoms with Crippen LogP contribution in [0.4, 0.5) is 10.1 Å². The Balaban J connectivity index is 1.48. The molecule has 7 heteroatoms. The number of aromatic nitrogens is 1. The number of aliphatic imine (C=N–C) groups is 1. The molecule has 4 nitrogen and oxygen atoms in total. The molecule has 0 aliphatic carbocycles. The molecule has 0 amide bonds. The van der Waals surface area contributed by atoms with Gasteiger partial charge in [-0.05, 0) is 40.8 Å². The van der Waals surface area contributed by atoms with Crippen LogP contribution in [-0.4, -0.2) is 41.5 Å². The van der Waals surface area contributed by atoms with Crippen molar-refractivity contribution < 1.29 is 9.13 Å². The van der Waals surface area contributed by atoms with E-state index in [-0.39, 0.29) is 5.82 Å². The summed E-state index contributed by atoms with van der Waals surface area (Å²) >= 11 is 3.25. The molecule has 0 N–H and O–H groups in total. The molecule has 134 valence electrons. The Bertz CT molecular complexity index is 949. The predicted molar refractivity (Wildman–Crippen MR) is 107 cm³/mol. The first-order valence-corrected chi connectivity index (χ1v) is 10.3. The number of methoxy groups -OCH3 is 1. The van der Waals surface area contributed by atoms with E-state index >= 15 is 0 Å². The first kappa shape index (κ1) is 17.3. The van der Waals surface area contributed by atoms with Crippen molar-refractivity contribution in [1.82, 2.24) is 9.88 Å². The summed E-state index contributed by atoms with van der Waals surface area (Å²) in [4.78, 5) is 11.2. The standard InChI is InChI=1S/C19H18FN3OS2/c1-24-18-6-4-14(8-21-18)22-19(25-2)23-9-12(10-23)16-11-26-17-7-13(20)3-5-15(16)17/h3-8,11-12H,9-10H2,1-2H3/b22-19+. The minimum Gasteiger partial charge on any atom is -0.481 e. The topological polar surface area (TPSA) is 37.7 Å². The summed E-state index contributed by atoms with van der Waals surface area (Å²) in [6.45, 7) is 1.85. The van der Waals surface area contributed by atoms with Crippen LogP contribution in [0, 0.1) is 5.82 Å². The Morgan fingerprint density at radius 3 is 2.88 bits per heavy atom. The zero-order valence-corrected chi connectivity index (χ0v) is 16.1. The molecule has 1 aliphatic rings. The van der Waals surface area contributed by atoms with Gasteiger partial charge in [0.15, 0.2) is 5.17 Å². The molecule has 0 spiro atoms. The van der Waals surface area contributed by atoms with E-state index in [9.17, 15) is 4.39 Å². The van der Waals surface area contributed by atoms with Gasteiger partial charge in [0.1, 0.15) is 5.82 Å². The van der Waals surface area contributed by atoms with Crippen LogP contribution in [0.1, 0.15) is 11.5 Å². The van der Waals surface area contributed by atoms with Crippen molar-refractivity contribution in [2.45, 2.75) is 5.92 Å². The summed E-state index contributed by atoms with van der Waals surface area (Å²) in [5, 5.41) is 4.32. The molecular weight excluding hydrogens is 369 g/mol. The van der Waals surface area contributed by atoms with Gasteiger partial charge in [-0.15, -0.1) is 11.3 Å². The fraction of sp³-hybridized carbons (Fsp3) is 0.263. The van der Waals surface area contributed by atoms with Gasteiger partial charge in [0, 0.05) is 29.8 Å². The average Bonchev–Trinajstić information content (AvgIpc) is 3.03. The monoisotopic (exact) mass is 387 g/mol. The number of thioether (sulfide) groups is 1. The van der Waals surface area contributed by atoms with Crippen LogP contribution < -0.4 is 4.74 Å². The number of fused-ring (bicyclic) bond motifs is 1. The maximum absolute atomic E-state index is 13.4. The molecule has 1 aromatic carbocycles. The van der Waals surface area contributed by atoms with Crippen LogP contribution in [0.15, 0.2) is 46.9 Å². The van der Waals surface area contributed by atoms with E-state index in [1.165, 1.54) is 10.9 Å². The van der Waals surface area contributed by atoms with Crippen LogP contribution in [-0.2, 0) is 0 Å². The number of rotatable bonds is 3. The Hall–Kier alpha value is -2.12. The number of amidine groups is 1. The van der Waals surface area contributed by atoms with Gasteiger partial charge in [0.2, 0.25) is 5.88 Å². The Labute approximate surface area is 159 Å². The van der Waals surface area contributed by atoms with Gasteiger partial charge in [-0.25, -0.2) is 14.4 Å². The van der Waals surface area contributed by atoms with Gasteiger partial charge in [-0.2, -0.15) is 0 Å². The van der Waals surface area contributed by atoms with Crippen molar-refractivity contribution in [1.29, 1.82) is 0 Å². The van der Waals surface area contributed by atoms with Gasteiger partial charge >= 0.3 is 0 Å². The van der Waals surface area contributed by atoms with E-state index in [4.69, 9.17) is 9.73 Å². The molecule has 1 fully saturated rings. The molecule has 3 heterocycles. The average molecular weight is 388 g/mol. The third kappa shape index (κ3) is 3.29. The molecule has 0 atom stereocenters. The molecule has 1 saturated heterocycles. The predicted octanol–water partition coefficient (Wildman–Crippen LogP) is 4.89. The molecule has 0 saturated carbocycles. The molecule has 26 heavy (non-hydrogen) atoms. The number of halogens is 1. The Morgan fingerprint density at radius 1 is 1.35 bits per heavy atom. The van der Waals surface area contributed by atoms with Gasteiger partial charge in [-0.3, -0.25) is 0 Å². The zero-order chi connectivity index (χ0) is 18.1. The highest BCUT2D eigenvalue weighted by atomic mass is 32.2. The molecule has 0 bridgehead atoms. The van der Waals surface area contributed by atoms with Crippen molar-refractivity contribution in [3.8, 4) is 5.88 Å². The normalized spacial score (nSPS) is 15.3. The van der Waals surface area contributed by atoms with E-state index in [0.717, 1.165) is 28.6 Å². The smallest absolute Gasteiger partial charge is 0.213 e. The fourth-order valence-electron chi connectivity index (χ4n) is 3.09. The molecule has 0 radical (unpaired) electrons. The minimum atomic E-state index is -0.175. The van der Waals surface area contributed by atoms with Crippen LogP contribution in [0.25, 0.3) is 10.1 Å². The number of hydrogen-bond donors (Lipinski definition) is 0. The molecule has 4 rings (SSSR count). The van der Waals surface area contributed by atoms with E-state index in [2.05, 4.69) is 15.3 Å². The number of ether oxygens (including phenoxy) is 1. The van der Waals surface area contributed by atoms with Crippen molar-refractivity contribution in [3.63, 3.8) is 0 Å². The molecule has 2 aromatic heterocycles. The molecule has 1 aliphatic heterocycles. The first-order valence-electron chi connectivity index (χ1n) is 8.22. The highest BCUT2D eigenvalue weighted by Gasteiger charge is 2.32. The van der Waals surface area contributed by atoms with E-state index in [1.54, 1.807) is 48.5 Å². The van der Waals surface area contributed by atoms with E-state index in [0.29, 0.717) is 11.8 Å². The first-order chi connectivity index (χ1) is 12.7. The number of benzene rings is 1. The number of nitrogens with zero attached hydrogens (tertiary/aromatic N) is 3. The van der Waals surface area contributed by atoms with Gasteiger partial charge in [-0.1, -0.05) is 17.8 Å². The number of pyridine rings is 1. The lowest BCUT2D eigenvalue weighted by molar-refractivity contribution is 0.259. The maximum atomic E-state index is 13.4. The summed E-state index contributed by atoms with van der Waals surface area (Å²) in [6.07, 6.45) is 3.75. The summed E-state index contributed by atoms with van der Waals surface area (Å²) in [5.74, 6) is 0.867. The summed E-state index contributed by atoms with van der Waals surface area (Å²) < 4.78 is 19.5. The second-order valence-corrected chi connectivity index (χ2v) is 7.78. The molecule has 3 aromatic rings. The number of thiophene rings is 1. The zero-order valence-electron chi connectivity index (χ0n) is 14.5. The third-order valence-electron chi connectivity index (χ3n) is 4.50. The second-order valence-electron chi connectivity index (χ2n) is 6.09. The third-order valence-corrected chi connectivity index (χ3v) is 6.17. The van der Waals surface area contributed by atoms with Gasteiger partial charge in [0.05, 0.1) is 19.0 Å². The van der Waals surface area contributed by atoms with Crippen molar-refractivity contribution in [2.24, 2.45) is 4.99 Å². The molecular formula is C19H18FN3OS2. The quantitative estimate of drug-likeness (QED) is 0.473. The molecule has 0 unspecified atom stereocenters. The van der Waals surface area contributed by atoms with Crippen LogP contribution in [0.5, 0.6) is 5.88 Å². The summed E-state index contributed by atoms with van der Waals surface area (Å²) in [7, 11) is 1.60. The maximum Gasteiger partial charge on any atom is 0.213 e. The van der Waals surface area contributed by atoms with Crippen molar-refractivity contribution in [3.05, 3.63) is 53.3 Å². The lowest BCUT2D eigenvalue weighted by Gasteiger charge is -2.41. The fourth-order valence-corrected chi connectivity index (χ4v) is 4.76. The lowest BCUT2D eigenvalue weighted by Crippen LogP contribution is -2.47. The van der Waals surface area contributed by atoms with E-state index in [1.807, 2.05) is 24.5 Å². The SMILES string of the molecule is COc1ccc(/N=C(/SC)N2CC(c3csc4cc(F)ccc34)C2)cn1. The van der Waals surface area contributed by atoms with E-state index < -0.39 is 0 Å². The summed E-state index contributed by atoms with van der Waals surface area (Å²) in [6, 6.07) is 8.77. The lowest BCUT2D eigenvalue weighted by atomic mass is 9.92. The highest BCUT2D eigenvalue weighted by molar-refractivity contribution is 8.13. The van der Waals surface area contributed by atoms with Crippen LogP contribution in [0.2, 0.25) is 0 Å². The van der Waals surface area contributed by atoms with Crippen molar-refractivity contribution >= 4 is 44.0 Å². The largest absolute Gasteiger partial charge is 0.481 e. The number of likely N-dealkylation sites (tertiary alicyclic amines) is 1.